The van der Waals surface area contributed by atoms with Crippen molar-refractivity contribution in [1.29, 1.82) is 0 Å². The number of rotatable bonds is 4. The van der Waals surface area contributed by atoms with Gasteiger partial charge < -0.3 is 5.32 Å². The van der Waals surface area contributed by atoms with E-state index in [-0.39, 0.29) is 0 Å². The van der Waals surface area contributed by atoms with Crippen LogP contribution in [0.25, 0.3) is 21.6 Å². The number of pyridine rings is 1. The number of thiophene rings is 1. The lowest BCUT2D eigenvalue weighted by Gasteiger charge is -2.11. The van der Waals surface area contributed by atoms with Gasteiger partial charge in [-0.25, -0.2) is 9.97 Å². The van der Waals surface area contributed by atoms with E-state index in [0.717, 1.165) is 33.7 Å². The van der Waals surface area contributed by atoms with Gasteiger partial charge in [-0.3, -0.25) is 4.98 Å². The normalized spacial score (nSPS) is 11.0. The van der Waals surface area contributed by atoms with Gasteiger partial charge in [-0.15, -0.1) is 11.3 Å². The fraction of sp³-hybridized carbons (Fsp3) is 0.150. The molecule has 0 saturated carbocycles. The number of para-hydroxylation sites is 1. The van der Waals surface area contributed by atoms with Crippen molar-refractivity contribution < 1.29 is 0 Å². The van der Waals surface area contributed by atoms with Crippen molar-refractivity contribution in [2.24, 2.45) is 0 Å². The molecule has 0 aliphatic carbocycles. The number of hydrogen-bond donors (Lipinski definition) is 1. The summed E-state index contributed by atoms with van der Waals surface area (Å²) in [6.07, 6.45) is 4.55. The molecular weight excluding hydrogens is 328 g/mol. The van der Waals surface area contributed by atoms with Gasteiger partial charge in [0.15, 0.2) is 5.82 Å². The highest BCUT2D eigenvalue weighted by Gasteiger charge is 2.13. The van der Waals surface area contributed by atoms with Gasteiger partial charge in [0.25, 0.3) is 0 Å². The summed E-state index contributed by atoms with van der Waals surface area (Å²) in [6, 6.07) is 14.3. The Kier molecular flexibility index (Phi) is 4.15. The van der Waals surface area contributed by atoms with E-state index >= 15 is 0 Å². The molecule has 0 saturated heterocycles. The molecule has 0 bridgehead atoms. The topological polar surface area (TPSA) is 50.7 Å². The first-order valence-corrected chi connectivity index (χ1v) is 9.09. The molecule has 4 rings (SSSR count). The number of hydrogen-bond acceptors (Lipinski definition) is 5. The second-order valence-electron chi connectivity index (χ2n) is 5.86. The van der Waals surface area contributed by atoms with Crippen molar-refractivity contribution in [1.82, 2.24) is 15.0 Å². The molecule has 5 heteroatoms. The molecule has 3 heterocycles. The summed E-state index contributed by atoms with van der Waals surface area (Å²) >= 11 is 1.72. The van der Waals surface area contributed by atoms with Crippen LogP contribution < -0.4 is 5.32 Å². The lowest BCUT2D eigenvalue weighted by Crippen LogP contribution is -1.99. The molecule has 1 aromatic carbocycles. The van der Waals surface area contributed by atoms with Gasteiger partial charge in [0.05, 0.1) is 5.39 Å². The van der Waals surface area contributed by atoms with Crippen molar-refractivity contribution >= 4 is 33.1 Å². The van der Waals surface area contributed by atoms with Crippen molar-refractivity contribution in [2.45, 2.75) is 20.3 Å². The van der Waals surface area contributed by atoms with Gasteiger partial charge in [-0.1, -0.05) is 25.1 Å². The lowest BCUT2D eigenvalue weighted by atomic mass is 10.2. The predicted octanol–water partition coefficient (Wildman–Crippen LogP) is 5.37. The van der Waals surface area contributed by atoms with Gasteiger partial charge in [-0.2, -0.15) is 0 Å². The molecule has 0 aliphatic rings. The standard InChI is InChI=1S/C20H18N4S/c1-3-15-11-16-19(22-17-9-5-4-7-13(17)2)23-18(24-20(16)25-15)14-8-6-10-21-12-14/h4-12H,3H2,1-2H3,(H,22,23,24). The molecule has 0 aliphatic heterocycles. The Hall–Kier alpha value is -2.79. The molecule has 0 spiro atoms. The van der Waals surface area contributed by atoms with Crippen molar-refractivity contribution in [3.05, 3.63) is 65.3 Å². The first-order valence-electron chi connectivity index (χ1n) is 8.28. The molecular formula is C20H18N4S. The van der Waals surface area contributed by atoms with Gasteiger partial charge in [0.1, 0.15) is 10.6 Å². The fourth-order valence-electron chi connectivity index (χ4n) is 2.71. The number of fused-ring (bicyclic) bond motifs is 1. The zero-order valence-corrected chi connectivity index (χ0v) is 15.0. The number of nitrogens with one attached hydrogen (secondary N) is 1. The largest absolute Gasteiger partial charge is 0.339 e. The van der Waals surface area contributed by atoms with E-state index < -0.39 is 0 Å². The second kappa shape index (κ2) is 6.61. The van der Waals surface area contributed by atoms with E-state index in [0.29, 0.717) is 5.82 Å². The highest BCUT2D eigenvalue weighted by molar-refractivity contribution is 7.18. The van der Waals surface area contributed by atoms with Crippen molar-refractivity contribution in [2.75, 3.05) is 5.32 Å². The summed E-state index contributed by atoms with van der Waals surface area (Å²) in [5, 5.41) is 4.57. The Labute approximate surface area is 150 Å². The first-order chi connectivity index (χ1) is 12.2. The Morgan fingerprint density at radius 3 is 2.72 bits per heavy atom. The molecule has 0 unspecified atom stereocenters. The van der Waals surface area contributed by atoms with Gasteiger partial charge in [0, 0.05) is 28.5 Å². The van der Waals surface area contributed by atoms with Crippen LogP contribution in [0.4, 0.5) is 11.5 Å². The molecule has 0 fully saturated rings. The van der Waals surface area contributed by atoms with Crippen LogP contribution in [0.15, 0.2) is 54.9 Å². The Morgan fingerprint density at radius 2 is 1.96 bits per heavy atom. The third-order valence-corrected chi connectivity index (χ3v) is 5.28. The summed E-state index contributed by atoms with van der Waals surface area (Å²) in [5.74, 6) is 1.54. The maximum Gasteiger partial charge on any atom is 0.164 e. The number of anilines is 2. The van der Waals surface area contributed by atoms with E-state index in [1.165, 1.54) is 10.4 Å². The van der Waals surface area contributed by atoms with Gasteiger partial charge in [0.2, 0.25) is 0 Å². The highest BCUT2D eigenvalue weighted by atomic mass is 32.1. The SMILES string of the molecule is CCc1cc2c(Nc3ccccc3C)nc(-c3cccnc3)nc2s1. The Morgan fingerprint density at radius 1 is 1.08 bits per heavy atom. The van der Waals surface area contributed by atoms with E-state index in [1.54, 1.807) is 23.7 Å². The maximum atomic E-state index is 4.80. The Balaban J connectivity index is 1.88. The molecule has 4 nitrogen and oxygen atoms in total. The quantitative estimate of drug-likeness (QED) is 0.540. The molecule has 4 aromatic rings. The van der Waals surface area contributed by atoms with Crippen LogP contribution in [0, 0.1) is 6.92 Å². The minimum Gasteiger partial charge on any atom is -0.339 e. The van der Waals surface area contributed by atoms with E-state index in [4.69, 9.17) is 9.97 Å². The Bertz CT molecular complexity index is 1020. The number of benzene rings is 1. The van der Waals surface area contributed by atoms with Crippen LogP contribution in [-0.2, 0) is 6.42 Å². The molecule has 0 radical (unpaired) electrons. The van der Waals surface area contributed by atoms with E-state index in [9.17, 15) is 0 Å². The van der Waals surface area contributed by atoms with Crippen LogP contribution in [-0.4, -0.2) is 15.0 Å². The minimum atomic E-state index is 0.696. The summed E-state index contributed by atoms with van der Waals surface area (Å²) in [7, 11) is 0. The van der Waals surface area contributed by atoms with Crippen LogP contribution in [0.1, 0.15) is 17.4 Å². The zero-order valence-electron chi connectivity index (χ0n) is 14.2. The van der Waals surface area contributed by atoms with Gasteiger partial charge >= 0.3 is 0 Å². The summed E-state index contributed by atoms with van der Waals surface area (Å²) in [6.45, 7) is 4.25. The van der Waals surface area contributed by atoms with Crippen LogP contribution >= 0.6 is 11.3 Å². The third kappa shape index (κ3) is 3.10. The molecule has 1 N–H and O–H groups in total. The monoisotopic (exact) mass is 346 g/mol. The summed E-state index contributed by atoms with van der Waals surface area (Å²) in [4.78, 5) is 16.1. The predicted molar refractivity (Wildman–Crippen MR) is 104 cm³/mol. The average molecular weight is 346 g/mol. The zero-order chi connectivity index (χ0) is 17.2. The first kappa shape index (κ1) is 15.7. The van der Waals surface area contributed by atoms with Crippen LogP contribution in [0.2, 0.25) is 0 Å². The average Bonchev–Trinajstić information content (AvgIpc) is 3.08. The smallest absolute Gasteiger partial charge is 0.164 e. The lowest BCUT2D eigenvalue weighted by molar-refractivity contribution is 1.19. The van der Waals surface area contributed by atoms with Crippen LogP contribution in [0.5, 0.6) is 0 Å². The fourth-order valence-corrected chi connectivity index (χ4v) is 3.67. The van der Waals surface area contributed by atoms with Crippen molar-refractivity contribution in [3.63, 3.8) is 0 Å². The highest BCUT2D eigenvalue weighted by Crippen LogP contribution is 2.33. The number of aromatic nitrogens is 3. The number of aryl methyl sites for hydroxylation is 2. The van der Waals surface area contributed by atoms with Gasteiger partial charge in [-0.05, 0) is 43.2 Å². The molecule has 0 atom stereocenters. The summed E-state index contributed by atoms with van der Waals surface area (Å²) in [5.41, 5.74) is 3.16. The minimum absolute atomic E-state index is 0.696. The molecule has 25 heavy (non-hydrogen) atoms. The molecule has 124 valence electrons. The second-order valence-corrected chi connectivity index (χ2v) is 6.98. The molecule has 0 amide bonds. The maximum absolute atomic E-state index is 4.80. The third-order valence-electron chi connectivity index (χ3n) is 4.11. The van der Waals surface area contributed by atoms with Crippen molar-refractivity contribution in [3.8, 4) is 11.4 Å². The number of nitrogens with zero attached hydrogens (tertiary/aromatic N) is 3. The van der Waals surface area contributed by atoms with E-state index in [1.807, 2.05) is 24.3 Å². The molecule has 3 aromatic heterocycles. The van der Waals surface area contributed by atoms with E-state index in [2.05, 4.69) is 42.3 Å². The van der Waals surface area contributed by atoms with Crippen LogP contribution in [0.3, 0.4) is 0 Å². The summed E-state index contributed by atoms with van der Waals surface area (Å²) < 4.78 is 0.